The zero-order valence-electron chi connectivity index (χ0n) is 16.7. The van der Waals surface area contributed by atoms with Gasteiger partial charge in [-0.05, 0) is 18.4 Å². The van der Waals surface area contributed by atoms with Crippen LogP contribution in [0.5, 0.6) is 0 Å². The average Bonchev–Trinajstić information content (AvgIpc) is 3.50. The third-order valence-electron chi connectivity index (χ3n) is 5.91. The highest BCUT2D eigenvalue weighted by atomic mass is 16.4. The maximum absolute atomic E-state index is 13.2. The number of amides is 1. The molecule has 0 N–H and O–H groups in total. The molecule has 2 aliphatic heterocycles. The number of hydrogen-bond acceptors (Lipinski definition) is 5. The Morgan fingerprint density at radius 3 is 2.40 bits per heavy atom. The van der Waals surface area contributed by atoms with Crippen molar-refractivity contribution in [1.29, 1.82) is 0 Å². The van der Waals surface area contributed by atoms with Gasteiger partial charge >= 0.3 is 0 Å². The summed E-state index contributed by atoms with van der Waals surface area (Å²) in [5.41, 5.74) is 2.15. The Kier molecular flexibility index (Phi) is 5.05. The fourth-order valence-corrected chi connectivity index (χ4v) is 4.23. The van der Waals surface area contributed by atoms with Crippen molar-refractivity contribution in [2.24, 2.45) is 11.0 Å². The Morgan fingerprint density at radius 1 is 0.967 bits per heavy atom. The number of hydrazone groups is 1. The van der Waals surface area contributed by atoms with Gasteiger partial charge in [-0.15, -0.1) is 0 Å². The number of carbonyl (C=O) groups excluding carboxylic acids is 1. The second kappa shape index (κ2) is 8.14. The quantitative estimate of drug-likeness (QED) is 0.646. The van der Waals surface area contributed by atoms with E-state index in [0.717, 1.165) is 49.2 Å². The molecule has 0 aliphatic carbocycles. The van der Waals surface area contributed by atoms with E-state index in [9.17, 15) is 4.79 Å². The molecule has 2 aliphatic rings. The van der Waals surface area contributed by atoms with Gasteiger partial charge in [-0.3, -0.25) is 4.79 Å². The second-order valence-electron chi connectivity index (χ2n) is 7.78. The molecule has 1 saturated heterocycles. The van der Waals surface area contributed by atoms with E-state index in [-0.39, 0.29) is 17.9 Å². The topological polar surface area (TPSA) is 61.9 Å². The first-order valence-electron chi connectivity index (χ1n) is 10.5. The zero-order valence-corrected chi connectivity index (χ0v) is 16.7. The molecule has 5 rings (SSSR count). The number of piperidine rings is 1. The first-order chi connectivity index (χ1) is 14.8. The van der Waals surface area contributed by atoms with Crippen molar-refractivity contribution in [1.82, 2.24) is 9.99 Å². The van der Waals surface area contributed by atoms with E-state index in [0.29, 0.717) is 6.01 Å². The van der Waals surface area contributed by atoms with Gasteiger partial charge in [0.05, 0.1) is 12.2 Å². The third-order valence-corrected chi connectivity index (χ3v) is 5.91. The lowest BCUT2D eigenvalue weighted by molar-refractivity contribution is -0.138. The van der Waals surface area contributed by atoms with Crippen molar-refractivity contribution in [2.45, 2.75) is 25.3 Å². The van der Waals surface area contributed by atoms with Gasteiger partial charge in [0.2, 0.25) is 5.91 Å². The van der Waals surface area contributed by atoms with Crippen LogP contribution in [0.15, 0.2) is 76.4 Å². The first kappa shape index (κ1) is 18.6. The predicted octanol–water partition coefficient (Wildman–Crippen LogP) is 4.52. The molecule has 6 heteroatoms. The summed E-state index contributed by atoms with van der Waals surface area (Å²) < 4.78 is 5.98. The van der Waals surface area contributed by atoms with Crippen LogP contribution in [-0.2, 0) is 4.79 Å². The SMILES string of the molecule is O=C(C1CCN(c2ncc(-c3ccccc3)o2)CC1)N1N=CC[C@H]1c1ccccc1. The Morgan fingerprint density at radius 2 is 1.67 bits per heavy atom. The van der Waals surface area contributed by atoms with E-state index in [1.54, 1.807) is 11.2 Å². The van der Waals surface area contributed by atoms with Crippen LogP contribution in [0, 0.1) is 5.92 Å². The highest BCUT2D eigenvalue weighted by molar-refractivity contribution is 5.82. The maximum atomic E-state index is 13.2. The summed E-state index contributed by atoms with van der Waals surface area (Å²) in [5, 5.41) is 6.09. The highest BCUT2D eigenvalue weighted by Gasteiger charge is 2.35. The van der Waals surface area contributed by atoms with Crippen LogP contribution < -0.4 is 4.90 Å². The largest absolute Gasteiger partial charge is 0.423 e. The number of hydrogen-bond donors (Lipinski definition) is 0. The fraction of sp³-hybridized carbons (Fsp3) is 0.292. The van der Waals surface area contributed by atoms with Gasteiger partial charge in [-0.25, -0.2) is 9.99 Å². The number of carbonyl (C=O) groups is 1. The van der Waals surface area contributed by atoms with E-state index in [1.165, 1.54) is 0 Å². The molecule has 1 fully saturated rings. The maximum Gasteiger partial charge on any atom is 0.297 e. The van der Waals surface area contributed by atoms with E-state index in [1.807, 2.05) is 54.7 Å². The van der Waals surface area contributed by atoms with Gasteiger partial charge in [0.15, 0.2) is 5.76 Å². The van der Waals surface area contributed by atoms with Crippen molar-refractivity contribution < 1.29 is 9.21 Å². The smallest absolute Gasteiger partial charge is 0.297 e. The van der Waals surface area contributed by atoms with Gasteiger partial charge in [0.25, 0.3) is 6.01 Å². The Balaban J connectivity index is 1.22. The van der Waals surface area contributed by atoms with Gasteiger partial charge in [-0.1, -0.05) is 60.7 Å². The number of aromatic nitrogens is 1. The number of oxazole rings is 1. The second-order valence-corrected chi connectivity index (χ2v) is 7.78. The zero-order chi connectivity index (χ0) is 20.3. The van der Waals surface area contributed by atoms with Crippen molar-refractivity contribution in [3.63, 3.8) is 0 Å². The summed E-state index contributed by atoms with van der Waals surface area (Å²) in [4.78, 5) is 19.7. The van der Waals surface area contributed by atoms with Gasteiger partial charge < -0.3 is 9.32 Å². The van der Waals surface area contributed by atoms with Crippen LogP contribution in [0.4, 0.5) is 6.01 Å². The highest BCUT2D eigenvalue weighted by Crippen LogP contribution is 2.33. The molecule has 3 heterocycles. The molecule has 0 radical (unpaired) electrons. The molecule has 0 unspecified atom stereocenters. The number of nitrogens with zero attached hydrogens (tertiary/aromatic N) is 4. The predicted molar refractivity (Wildman–Crippen MR) is 116 cm³/mol. The molecule has 1 amide bonds. The molecule has 6 nitrogen and oxygen atoms in total. The molecule has 3 aromatic rings. The van der Waals surface area contributed by atoms with Gasteiger partial charge in [0, 0.05) is 37.2 Å². The first-order valence-corrected chi connectivity index (χ1v) is 10.5. The number of rotatable bonds is 4. The fourth-order valence-electron chi connectivity index (χ4n) is 4.23. The van der Waals surface area contributed by atoms with Crippen molar-refractivity contribution in [3.8, 4) is 11.3 Å². The summed E-state index contributed by atoms with van der Waals surface area (Å²) in [7, 11) is 0. The standard InChI is InChI=1S/C24H24N4O2/c29-23(28-21(11-14-26-28)18-7-3-1-4-8-18)20-12-15-27(16-13-20)24-25-17-22(30-24)19-9-5-2-6-10-19/h1-10,14,17,20-21H,11-13,15-16H2/t21-/m0/s1. The van der Waals surface area contributed by atoms with Crippen LogP contribution in [0.1, 0.15) is 30.9 Å². The summed E-state index contributed by atoms with van der Waals surface area (Å²) in [6.45, 7) is 1.50. The minimum absolute atomic E-state index is 0.0110. The Hall–Kier alpha value is -3.41. The van der Waals surface area contributed by atoms with E-state index >= 15 is 0 Å². The van der Waals surface area contributed by atoms with Crippen molar-refractivity contribution >= 4 is 18.1 Å². The van der Waals surface area contributed by atoms with Crippen LogP contribution in [0.2, 0.25) is 0 Å². The summed E-state index contributed by atoms with van der Waals surface area (Å²) in [5.74, 6) is 0.863. The molecule has 30 heavy (non-hydrogen) atoms. The van der Waals surface area contributed by atoms with Crippen LogP contribution in [0.25, 0.3) is 11.3 Å². The van der Waals surface area contributed by atoms with E-state index in [2.05, 4.69) is 27.1 Å². The molecular formula is C24H24N4O2. The van der Waals surface area contributed by atoms with E-state index in [4.69, 9.17) is 4.42 Å². The molecule has 1 aromatic heterocycles. The van der Waals surface area contributed by atoms with Gasteiger partial charge in [0.1, 0.15) is 0 Å². The third kappa shape index (κ3) is 3.61. The average molecular weight is 400 g/mol. The van der Waals surface area contributed by atoms with Crippen LogP contribution in [-0.4, -0.2) is 35.2 Å². The molecule has 0 spiro atoms. The molecule has 0 bridgehead atoms. The Labute approximate surface area is 175 Å². The summed E-state index contributed by atoms with van der Waals surface area (Å²) >= 11 is 0. The van der Waals surface area contributed by atoms with Crippen LogP contribution in [0.3, 0.4) is 0 Å². The lowest BCUT2D eigenvalue weighted by Crippen LogP contribution is -2.41. The Bertz CT molecular complexity index is 1020. The van der Waals surface area contributed by atoms with Crippen molar-refractivity contribution in [2.75, 3.05) is 18.0 Å². The molecular weight excluding hydrogens is 376 g/mol. The number of benzene rings is 2. The minimum atomic E-state index is -0.0220. The van der Waals surface area contributed by atoms with Crippen molar-refractivity contribution in [3.05, 3.63) is 72.4 Å². The number of anilines is 1. The van der Waals surface area contributed by atoms with Gasteiger partial charge in [-0.2, -0.15) is 5.10 Å². The molecule has 1 atom stereocenters. The molecule has 0 saturated carbocycles. The van der Waals surface area contributed by atoms with E-state index < -0.39 is 0 Å². The normalized spacial score (nSPS) is 19.4. The lowest BCUT2D eigenvalue weighted by atomic mass is 9.94. The lowest BCUT2D eigenvalue weighted by Gasteiger charge is -2.33. The molecule has 2 aromatic carbocycles. The molecule has 152 valence electrons. The monoisotopic (exact) mass is 400 g/mol. The minimum Gasteiger partial charge on any atom is -0.423 e. The van der Waals surface area contributed by atoms with Crippen LogP contribution >= 0.6 is 0 Å². The summed E-state index contributed by atoms with van der Waals surface area (Å²) in [6, 6.07) is 20.7. The summed E-state index contributed by atoms with van der Waals surface area (Å²) in [6.07, 6.45) is 5.94.